The first-order valence-electron chi connectivity index (χ1n) is 8.63. The highest BCUT2D eigenvalue weighted by atomic mass is 127. The average molecular weight is 526 g/mol. The first kappa shape index (κ1) is 24.8. The van der Waals surface area contributed by atoms with Crippen molar-refractivity contribution in [2.45, 2.75) is 12.3 Å². The number of anilines is 1. The van der Waals surface area contributed by atoms with Gasteiger partial charge in [-0.1, -0.05) is 18.1 Å². The Morgan fingerprint density at radius 3 is 2.69 bits per heavy atom. The van der Waals surface area contributed by atoms with E-state index in [0.717, 1.165) is 16.9 Å². The van der Waals surface area contributed by atoms with Crippen molar-refractivity contribution in [2.75, 3.05) is 25.2 Å². The number of halogens is 2. The Balaban J connectivity index is 0.00000420. The maximum absolute atomic E-state index is 13.5. The molecule has 1 amide bonds. The van der Waals surface area contributed by atoms with E-state index in [4.69, 9.17) is 6.42 Å². The third-order valence-corrected chi connectivity index (χ3v) is 4.47. The molecule has 0 aliphatic carbocycles. The van der Waals surface area contributed by atoms with Crippen molar-refractivity contribution in [3.63, 3.8) is 0 Å². The Morgan fingerprint density at radius 1 is 1.21 bits per heavy atom. The van der Waals surface area contributed by atoms with Crippen molar-refractivity contribution in [3.8, 4) is 12.3 Å². The van der Waals surface area contributed by atoms with Gasteiger partial charge in [0.1, 0.15) is 5.82 Å². The smallest absolute Gasteiger partial charge is 0.243 e. The fraction of sp³-hybridized carbons (Fsp3) is 0.238. The highest BCUT2D eigenvalue weighted by Crippen LogP contribution is 2.16. The van der Waals surface area contributed by atoms with Crippen LogP contribution in [0.4, 0.5) is 10.1 Å². The van der Waals surface area contributed by atoms with Gasteiger partial charge in [-0.25, -0.2) is 4.39 Å². The van der Waals surface area contributed by atoms with Crippen molar-refractivity contribution in [1.29, 1.82) is 0 Å². The molecule has 2 aromatic rings. The lowest BCUT2D eigenvalue weighted by Crippen LogP contribution is -2.41. The molecule has 2 aromatic carbocycles. The minimum atomic E-state index is -0.249. The first-order valence-corrected chi connectivity index (χ1v) is 10.0. The number of rotatable bonds is 7. The molecule has 2 rings (SSSR count). The lowest BCUT2D eigenvalue weighted by molar-refractivity contribution is -0.115. The Labute approximate surface area is 192 Å². The van der Waals surface area contributed by atoms with Crippen LogP contribution in [0, 0.1) is 18.2 Å². The first-order chi connectivity index (χ1) is 13.5. The van der Waals surface area contributed by atoms with E-state index < -0.39 is 0 Å². The van der Waals surface area contributed by atoms with Gasteiger partial charge in [0.15, 0.2) is 5.96 Å². The van der Waals surface area contributed by atoms with E-state index in [2.05, 4.69) is 26.9 Å². The second-order valence-corrected chi connectivity index (χ2v) is 6.76. The van der Waals surface area contributed by atoms with Crippen molar-refractivity contribution < 1.29 is 9.18 Å². The summed E-state index contributed by atoms with van der Waals surface area (Å²) >= 11 is 1.63. The van der Waals surface area contributed by atoms with Crippen LogP contribution in [0.1, 0.15) is 16.7 Å². The van der Waals surface area contributed by atoms with Crippen molar-refractivity contribution in [1.82, 2.24) is 10.6 Å². The van der Waals surface area contributed by atoms with Gasteiger partial charge >= 0.3 is 0 Å². The summed E-state index contributed by atoms with van der Waals surface area (Å²) in [7, 11) is 1.62. The quantitative estimate of drug-likeness (QED) is 0.223. The van der Waals surface area contributed by atoms with E-state index in [1.165, 1.54) is 6.07 Å². The van der Waals surface area contributed by atoms with Crippen LogP contribution in [0.3, 0.4) is 0 Å². The van der Waals surface area contributed by atoms with Crippen LogP contribution in [-0.2, 0) is 17.1 Å². The fourth-order valence-corrected chi connectivity index (χ4v) is 3.09. The van der Waals surface area contributed by atoms with Crippen molar-refractivity contribution >= 4 is 53.3 Å². The lowest BCUT2D eigenvalue weighted by Gasteiger charge is -2.14. The summed E-state index contributed by atoms with van der Waals surface area (Å²) in [6.45, 7) is 0.517. The van der Waals surface area contributed by atoms with E-state index in [-0.39, 0.29) is 42.2 Å². The van der Waals surface area contributed by atoms with E-state index in [9.17, 15) is 9.18 Å². The molecule has 0 unspecified atom stereocenters. The molecule has 8 heteroatoms. The van der Waals surface area contributed by atoms with Crippen LogP contribution in [0.25, 0.3) is 0 Å². The number of hydrogen-bond acceptors (Lipinski definition) is 3. The topological polar surface area (TPSA) is 65.5 Å². The molecule has 0 saturated carbocycles. The number of thioether (sulfide) groups is 1. The minimum Gasteiger partial charge on any atom is -0.352 e. The number of amides is 1. The van der Waals surface area contributed by atoms with Crippen molar-refractivity contribution in [3.05, 3.63) is 65.0 Å². The van der Waals surface area contributed by atoms with Gasteiger partial charge in [0, 0.05) is 30.6 Å². The van der Waals surface area contributed by atoms with Gasteiger partial charge < -0.3 is 16.0 Å². The molecular weight excluding hydrogens is 502 g/mol. The molecule has 0 atom stereocenters. The zero-order chi connectivity index (χ0) is 20.4. The lowest BCUT2D eigenvalue weighted by atomic mass is 10.1. The number of nitrogens with one attached hydrogen (secondary N) is 3. The Kier molecular flexibility index (Phi) is 11.2. The minimum absolute atomic E-state index is 0. The van der Waals surface area contributed by atoms with Gasteiger partial charge in [0.05, 0.1) is 6.54 Å². The normalized spacial score (nSPS) is 10.5. The molecule has 29 heavy (non-hydrogen) atoms. The molecule has 0 saturated heterocycles. The van der Waals surface area contributed by atoms with Crippen LogP contribution in [0.15, 0.2) is 47.5 Å². The molecule has 154 valence electrons. The maximum Gasteiger partial charge on any atom is 0.243 e. The number of terminal acetylenes is 1. The van der Waals surface area contributed by atoms with Gasteiger partial charge in [-0.05, 0) is 47.7 Å². The number of carbonyl (C=O) groups excluding carboxylic acids is 1. The number of carbonyl (C=O) groups is 1. The third kappa shape index (κ3) is 8.33. The average Bonchev–Trinajstić information content (AvgIpc) is 2.69. The summed E-state index contributed by atoms with van der Waals surface area (Å²) in [5.41, 5.74) is 3.25. The van der Waals surface area contributed by atoms with E-state index >= 15 is 0 Å². The van der Waals surface area contributed by atoms with Gasteiger partial charge in [0.25, 0.3) is 0 Å². The Bertz CT molecular complexity index is 898. The van der Waals surface area contributed by atoms with Crippen molar-refractivity contribution in [2.24, 2.45) is 4.99 Å². The molecule has 5 nitrogen and oxygen atoms in total. The molecule has 0 aliphatic rings. The summed E-state index contributed by atoms with van der Waals surface area (Å²) in [6, 6.07) is 11.8. The largest absolute Gasteiger partial charge is 0.352 e. The summed E-state index contributed by atoms with van der Waals surface area (Å²) in [5.74, 6) is 3.26. The van der Waals surface area contributed by atoms with Gasteiger partial charge in [-0.3, -0.25) is 9.79 Å². The van der Waals surface area contributed by atoms with Gasteiger partial charge in [-0.2, -0.15) is 11.8 Å². The number of aliphatic imine (C=N–C) groups is 1. The van der Waals surface area contributed by atoms with Crippen LogP contribution < -0.4 is 16.0 Å². The molecule has 0 aliphatic heterocycles. The van der Waals surface area contributed by atoms with Crippen LogP contribution in [0.5, 0.6) is 0 Å². The summed E-state index contributed by atoms with van der Waals surface area (Å²) in [6.07, 6.45) is 7.34. The second kappa shape index (κ2) is 13.1. The molecule has 0 radical (unpaired) electrons. The molecule has 3 N–H and O–H groups in total. The standard InChI is InChI=1S/C21H23FN4OS.HI/c1-4-15-6-5-7-19(10-15)26-20(27)13-25-21(23-2)24-12-16-8-9-18(22)11-17(16)14-28-3;/h1,5-11H,12-14H2,2-3H3,(H,26,27)(H2,23,24,25);1H. The number of benzene rings is 2. The third-order valence-electron chi connectivity index (χ3n) is 3.87. The molecule has 0 fully saturated rings. The zero-order valence-corrected chi connectivity index (χ0v) is 19.4. The maximum atomic E-state index is 13.5. The van der Waals surface area contributed by atoms with E-state index in [1.807, 2.05) is 6.26 Å². The van der Waals surface area contributed by atoms with Gasteiger partial charge in [0.2, 0.25) is 5.91 Å². The van der Waals surface area contributed by atoms with E-state index in [1.54, 1.807) is 55.2 Å². The summed E-state index contributed by atoms with van der Waals surface area (Å²) < 4.78 is 13.5. The predicted octanol–water partition coefficient (Wildman–Crippen LogP) is 3.59. The van der Waals surface area contributed by atoms with Gasteiger partial charge in [-0.15, -0.1) is 30.4 Å². The molecule has 0 bridgehead atoms. The van der Waals surface area contributed by atoms with Crippen LogP contribution in [0.2, 0.25) is 0 Å². The van der Waals surface area contributed by atoms with Crippen LogP contribution >= 0.6 is 35.7 Å². The second-order valence-electron chi connectivity index (χ2n) is 5.90. The highest BCUT2D eigenvalue weighted by Gasteiger charge is 2.07. The molecular formula is C21H24FIN4OS. The predicted molar refractivity (Wildman–Crippen MR) is 130 cm³/mol. The van der Waals surface area contributed by atoms with E-state index in [0.29, 0.717) is 23.8 Å². The monoisotopic (exact) mass is 526 g/mol. The summed E-state index contributed by atoms with van der Waals surface area (Å²) in [4.78, 5) is 16.2. The Morgan fingerprint density at radius 2 is 2.00 bits per heavy atom. The SMILES string of the molecule is C#Cc1cccc(NC(=O)CNC(=NC)NCc2ccc(F)cc2CSC)c1.I. The van der Waals surface area contributed by atoms with Crippen LogP contribution in [-0.4, -0.2) is 31.7 Å². The number of guanidine groups is 1. The summed E-state index contributed by atoms with van der Waals surface area (Å²) in [5, 5.41) is 8.88. The molecule has 0 aromatic heterocycles. The molecule has 0 heterocycles. The number of hydrogen-bond donors (Lipinski definition) is 3. The Hall–Kier alpha value is -2.25. The zero-order valence-electron chi connectivity index (χ0n) is 16.3. The number of nitrogens with zero attached hydrogens (tertiary/aromatic N) is 1. The molecule has 0 spiro atoms. The fourth-order valence-electron chi connectivity index (χ4n) is 2.51. The highest BCUT2D eigenvalue weighted by molar-refractivity contribution is 14.0.